The molecule has 0 saturated carbocycles. The molecule has 1 unspecified atom stereocenters. The average Bonchev–Trinajstić information content (AvgIpc) is 3.11. The fraction of sp³-hybridized carbons (Fsp3) is 0.756. The first-order valence-electron chi connectivity index (χ1n) is 20.1. The van der Waals surface area contributed by atoms with E-state index in [1.807, 2.05) is 6.08 Å². The van der Waals surface area contributed by atoms with Crippen LogP contribution >= 0.6 is 7.82 Å². The molecule has 51 heavy (non-hydrogen) atoms. The number of allylic oxidation sites excluding steroid dienone is 8. The van der Waals surface area contributed by atoms with Gasteiger partial charge in [0.2, 0.25) is 0 Å². The number of phosphoric ester groups is 1. The molecule has 0 aromatic carbocycles. The number of carbonyl (C=O) groups is 2. The second-order valence-corrected chi connectivity index (χ2v) is 14.6. The summed E-state index contributed by atoms with van der Waals surface area (Å²) in [4.78, 5) is 34.7. The monoisotopic (exact) mass is 740 g/mol. The summed E-state index contributed by atoms with van der Waals surface area (Å²) in [5.41, 5.74) is 5.33. The molecule has 0 aliphatic heterocycles. The molecule has 0 fully saturated rings. The lowest BCUT2D eigenvalue weighted by molar-refractivity contribution is -0.161. The Morgan fingerprint density at radius 1 is 0.588 bits per heavy atom. The van der Waals surface area contributed by atoms with Crippen LogP contribution in [0.3, 0.4) is 0 Å². The Kier molecular flexibility index (Phi) is 36.2. The van der Waals surface area contributed by atoms with E-state index in [-0.39, 0.29) is 32.6 Å². The topological polar surface area (TPSA) is 134 Å². The maximum Gasteiger partial charge on any atom is 0.472 e. The van der Waals surface area contributed by atoms with Gasteiger partial charge in [0.05, 0.1) is 13.2 Å². The highest BCUT2D eigenvalue weighted by Gasteiger charge is 2.25. The fourth-order valence-corrected chi connectivity index (χ4v) is 5.98. The molecule has 0 spiro atoms. The second-order valence-electron chi connectivity index (χ2n) is 13.2. The van der Waals surface area contributed by atoms with Gasteiger partial charge in [-0.05, 0) is 51.4 Å². The molecule has 0 aromatic heterocycles. The normalized spacial score (nSPS) is 13.9. The van der Waals surface area contributed by atoms with Gasteiger partial charge in [0, 0.05) is 19.4 Å². The molecule has 0 rings (SSSR count). The van der Waals surface area contributed by atoms with Gasteiger partial charge in [-0.2, -0.15) is 0 Å². The molecule has 9 nitrogen and oxygen atoms in total. The molecule has 0 aromatic rings. The van der Waals surface area contributed by atoms with E-state index in [1.54, 1.807) is 0 Å². The molecule has 0 saturated heterocycles. The van der Waals surface area contributed by atoms with E-state index in [2.05, 4.69) is 56.4 Å². The van der Waals surface area contributed by atoms with Gasteiger partial charge >= 0.3 is 19.8 Å². The molecule has 0 amide bonds. The number of esters is 2. The lowest BCUT2D eigenvalue weighted by Crippen LogP contribution is -2.29. The summed E-state index contributed by atoms with van der Waals surface area (Å²) >= 11 is 0. The number of nitrogens with two attached hydrogens (primary N) is 1. The Morgan fingerprint density at radius 2 is 1.04 bits per heavy atom. The van der Waals surface area contributed by atoms with Gasteiger partial charge in [-0.25, -0.2) is 4.57 Å². The van der Waals surface area contributed by atoms with Crippen molar-refractivity contribution in [1.29, 1.82) is 0 Å². The number of phosphoric acid groups is 1. The molecule has 0 heterocycles. The minimum Gasteiger partial charge on any atom is -0.462 e. The van der Waals surface area contributed by atoms with Gasteiger partial charge in [-0.3, -0.25) is 18.6 Å². The Balaban J connectivity index is 4.29. The largest absolute Gasteiger partial charge is 0.472 e. The van der Waals surface area contributed by atoms with Crippen LogP contribution in [0.15, 0.2) is 48.6 Å². The SMILES string of the molecule is CCCCC/C=C/C/C=C/C/C=C/C/C=C/CCCC(=O)OC[C@H](COP(=O)(O)OCCN)OC(=O)CCCCCCCCCCCCCCC. The summed E-state index contributed by atoms with van der Waals surface area (Å²) in [6, 6.07) is 0. The number of hydrogen-bond acceptors (Lipinski definition) is 8. The van der Waals surface area contributed by atoms with Gasteiger partial charge < -0.3 is 20.1 Å². The number of carbonyl (C=O) groups excluding carboxylic acids is 2. The lowest BCUT2D eigenvalue weighted by atomic mass is 10.0. The summed E-state index contributed by atoms with van der Waals surface area (Å²) < 4.78 is 32.6. The molecule has 0 aliphatic carbocycles. The summed E-state index contributed by atoms with van der Waals surface area (Å²) in [7, 11) is -4.38. The van der Waals surface area contributed by atoms with Crippen molar-refractivity contribution in [3.8, 4) is 0 Å². The molecule has 0 aliphatic rings. The minimum absolute atomic E-state index is 0.0458. The van der Waals surface area contributed by atoms with E-state index in [1.165, 1.54) is 83.5 Å². The van der Waals surface area contributed by atoms with E-state index >= 15 is 0 Å². The molecule has 0 bridgehead atoms. The van der Waals surface area contributed by atoms with Gasteiger partial charge in [0.15, 0.2) is 6.10 Å². The number of hydrogen-bond donors (Lipinski definition) is 2. The molecule has 0 radical (unpaired) electrons. The van der Waals surface area contributed by atoms with Crippen LogP contribution in [-0.4, -0.2) is 49.3 Å². The predicted octanol–water partition coefficient (Wildman–Crippen LogP) is 11.2. The quantitative estimate of drug-likeness (QED) is 0.0276. The van der Waals surface area contributed by atoms with Crippen molar-refractivity contribution < 1.29 is 37.6 Å². The standard InChI is InChI=1S/C41H74NO8P/c1-3-5-7-9-11-13-15-17-18-19-20-22-23-25-27-29-31-33-40(43)47-37-39(38-49-51(45,46)48-36-35-42)50-41(44)34-32-30-28-26-24-21-16-14-12-10-8-6-4-2/h11,13,17-18,20,22,25,27,39H,3-10,12,14-16,19,21,23-24,26,28-38,42H2,1-2H3,(H,45,46)/b13-11+,18-17+,22-20+,27-25+/t39-/m1/s1. The summed E-state index contributed by atoms with van der Waals surface area (Å²) in [6.07, 6.45) is 41.4. The van der Waals surface area contributed by atoms with Crippen molar-refractivity contribution in [3.63, 3.8) is 0 Å². The zero-order valence-corrected chi connectivity index (χ0v) is 33.2. The van der Waals surface area contributed by atoms with Crippen LogP contribution in [0.25, 0.3) is 0 Å². The van der Waals surface area contributed by atoms with Crippen LogP contribution in [-0.2, 0) is 32.7 Å². The molecular formula is C41H74NO8P. The van der Waals surface area contributed by atoms with E-state index in [0.29, 0.717) is 12.8 Å². The molecular weight excluding hydrogens is 665 g/mol. The Hall–Kier alpha value is -2.03. The highest BCUT2D eigenvalue weighted by atomic mass is 31.2. The van der Waals surface area contributed by atoms with E-state index < -0.39 is 32.5 Å². The second kappa shape index (κ2) is 37.7. The van der Waals surface area contributed by atoms with Crippen molar-refractivity contribution in [3.05, 3.63) is 48.6 Å². The molecule has 296 valence electrons. The van der Waals surface area contributed by atoms with Crippen LogP contribution in [0, 0.1) is 0 Å². The van der Waals surface area contributed by atoms with Crippen molar-refractivity contribution in [2.75, 3.05) is 26.4 Å². The van der Waals surface area contributed by atoms with Crippen molar-refractivity contribution in [1.82, 2.24) is 0 Å². The van der Waals surface area contributed by atoms with Crippen molar-refractivity contribution in [2.45, 2.75) is 174 Å². The number of ether oxygens (including phenoxy) is 2. The average molecular weight is 740 g/mol. The van der Waals surface area contributed by atoms with E-state index in [9.17, 15) is 19.0 Å². The molecule has 10 heteroatoms. The minimum atomic E-state index is -4.38. The van der Waals surface area contributed by atoms with Gasteiger partial charge in [0.1, 0.15) is 6.61 Å². The maximum atomic E-state index is 12.5. The van der Waals surface area contributed by atoms with Crippen LogP contribution in [0.1, 0.15) is 168 Å². The van der Waals surface area contributed by atoms with Gasteiger partial charge in [-0.1, -0.05) is 152 Å². The van der Waals surface area contributed by atoms with E-state index in [4.69, 9.17) is 24.3 Å². The highest BCUT2D eigenvalue weighted by Crippen LogP contribution is 2.43. The Bertz CT molecular complexity index is 981. The van der Waals surface area contributed by atoms with Gasteiger partial charge in [0.25, 0.3) is 0 Å². The first-order chi connectivity index (χ1) is 24.8. The summed E-state index contributed by atoms with van der Waals surface area (Å²) in [6.45, 7) is 3.63. The fourth-order valence-electron chi connectivity index (χ4n) is 5.21. The van der Waals surface area contributed by atoms with Crippen LogP contribution in [0.2, 0.25) is 0 Å². The van der Waals surface area contributed by atoms with E-state index in [0.717, 1.165) is 44.9 Å². The molecule has 2 atom stereocenters. The zero-order chi connectivity index (χ0) is 37.5. The third-order valence-corrected chi connectivity index (χ3v) is 9.20. The van der Waals surface area contributed by atoms with Crippen molar-refractivity contribution >= 4 is 19.8 Å². The van der Waals surface area contributed by atoms with Gasteiger partial charge in [-0.15, -0.1) is 0 Å². The lowest BCUT2D eigenvalue weighted by Gasteiger charge is -2.19. The number of unbranched alkanes of at least 4 members (excludes halogenated alkanes) is 16. The summed E-state index contributed by atoms with van der Waals surface area (Å²) in [5.74, 6) is -0.895. The smallest absolute Gasteiger partial charge is 0.462 e. The first-order valence-corrected chi connectivity index (χ1v) is 21.6. The van der Waals surface area contributed by atoms with Crippen molar-refractivity contribution in [2.24, 2.45) is 5.73 Å². The Morgan fingerprint density at radius 3 is 1.57 bits per heavy atom. The third kappa shape index (κ3) is 37.5. The maximum absolute atomic E-state index is 12.5. The predicted molar refractivity (Wildman–Crippen MR) is 210 cm³/mol. The summed E-state index contributed by atoms with van der Waals surface area (Å²) in [5, 5.41) is 0. The molecule has 3 N–H and O–H groups in total. The highest BCUT2D eigenvalue weighted by molar-refractivity contribution is 7.47. The van der Waals surface area contributed by atoms with Crippen LogP contribution < -0.4 is 5.73 Å². The zero-order valence-electron chi connectivity index (χ0n) is 32.3. The third-order valence-electron chi connectivity index (χ3n) is 8.22. The number of rotatable bonds is 37. The Labute approximate surface area is 311 Å². The first kappa shape index (κ1) is 49.0. The van der Waals surface area contributed by atoms with Crippen LogP contribution in [0.4, 0.5) is 0 Å². The van der Waals surface area contributed by atoms with Crippen LogP contribution in [0.5, 0.6) is 0 Å².